The normalized spacial score (nSPS) is 30.9. The van der Waals surface area contributed by atoms with Crippen LogP contribution in [-0.2, 0) is 20.3 Å². The van der Waals surface area contributed by atoms with E-state index < -0.39 is 9.05 Å². The summed E-state index contributed by atoms with van der Waals surface area (Å²) in [7, 11) is 1.55. The third kappa shape index (κ3) is 2.71. The van der Waals surface area contributed by atoms with Crippen LogP contribution in [0.3, 0.4) is 0 Å². The van der Waals surface area contributed by atoms with Crippen molar-refractivity contribution in [2.45, 2.75) is 63.9 Å². The van der Waals surface area contributed by atoms with Crippen molar-refractivity contribution in [2.24, 2.45) is 5.92 Å². The van der Waals surface area contributed by atoms with E-state index in [1.165, 1.54) is 0 Å². The van der Waals surface area contributed by atoms with E-state index in [0.717, 1.165) is 6.42 Å². The first-order valence-electron chi connectivity index (χ1n) is 6.80. The SMILES string of the molecule is CCCn1c(C2C(C)OC(C)C2C)nnc1S(=O)(=O)Cl. The predicted molar refractivity (Wildman–Crippen MR) is 75.3 cm³/mol. The second kappa shape index (κ2) is 5.61. The Balaban J connectivity index is 2.50. The first kappa shape index (κ1) is 15.7. The van der Waals surface area contributed by atoms with E-state index in [-0.39, 0.29) is 29.2 Å². The van der Waals surface area contributed by atoms with Gasteiger partial charge in [-0.25, -0.2) is 8.42 Å². The molecule has 8 heteroatoms. The van der Waals surface area contributed by atoms with E-state index in [2.05, 4.69) is 17.1 Å². The maximum Gasteiger partial charge on any atom is 0.296 e. The minimum atomic E-state index is -3.89. The van der Waals surface area contributed by atoms with Gasteiger partial charge < -0.3 is 9.30 Å². The van der Waals surface area contributed by atoms with Gasteiger partial charge in [-0.05, 0) is 26.2 Å². The number of halogens is 1. The maximum atomic E-state index is 11.6. The van der Waals surface area contributed by atoms with Crippen LogP contribution in [-0.4, -0.2) is 35.4 Å². The Hall–Kier alpha value is -0.660. The zero-order chi connectivity index (χ0) is 15.1. The molecule has 4 unspecified atom stereocenters. The van der Waals surface area contributed by atoms with Crippen molar-refractivity contribution in [1.82, 2.24) is 14.8 Å². The monoisotopic (exact) mass is 321 g/mol. The summed E-state index contributed by atoms with van der Waals surface area (Å²) in [5.74, 6) is 0.919. The molecule has 6 nitrogen and oxygen atoms in total. The molecule has 0 saturated carbocycles. The van der Waals surface area contributed by atoms with Gasteiger partial charge in [0, 0.05) is 17.2 Å². The van der Waals surface area contributed by atoms with Gasteiger partial charge in [-0.2, -0.15) is 0 Å². The van der Waals surface area contributed by atoms with Crippen LogP contribution in [0, 0.1) is 5.92 Å². The molecular weight excluding hydrogens is 302 g/mol. The highest BCUT2D eigenvalue weighted by Crippen LogP contribution is 2.39. The molecule has 4 atom stereocenters. The molecule has 0 aliphatic carbocycles. The van der Waals surface area contributed by atoms with Crippen molar-refractivity contribution in [3.8, 4) is 0 Å². The van der Waals surface area contributed by atoms with Crippen LogP contribution >= 0.6 is 10.7 Å². The quantitative estimate of drug-likeness (QED) is 0.794. The Labute approximate surface area is 123 Å². The largest absolute Gasteiger partial charge is 0.374 e. The van der Waals surface area contributed by atoms with Gasteiger partial charge >= 0.3 is 0 Å². The van der Waals surface area contributed by atoms with E-state index >= 15 is 0 Å². The van der Waals surface area contributed by atoms with E-state index in [0.29, 0.717) is 12.4 Å². The van der Waals surface area contributed by atoms with E-state index in [9.17, 15) is 8.42 Å². The first-order chi connectivity index (χ1) is 9.27. The first-order valence-corrected chi connectivity index (χ1v) is 9.11. The molecular formula is C12H20ClN3O3S. The van der Waals surface area contributed by atoms with Crippen LogP contribution in [0.25, 0.3) is 0 Å². The van der Waals surface area contributed by atoms with Crippen molar-refractivity contribution in [3.05, 3.63) is 5.82 Å². The fourth-order valence-electron chi connectivity index (χ4n) is 2.87. The summed E-state index contributed by atoms with van der Waals surface area (Å²) in [5, 5.41) is 7.70. The zero-order valence-corrected chi connectivity index (χ0v) is 13.6. The van der Waals surface area contributed by atoms with Gasteiger partial charge in [0.1, 0.15) is 5.82 Å². The summed E-state index contributed by atoms with van der Waals surface area (Å²) in [6.45, 7) is 8.56. The molecule has 20 heavy (non-hydrogen) atoms. The van der Waals surface area contributed by atoms with Crippen LogP contribution in [0.4, 0.5) is 0 Å². The number of nitrogens with zero attached hydrogens (tertiary/aromatic N) is 3. The van der Waals surface area contributed by atoms with Crippen molar-refractivity contribution >= 4 is 19.7 Å². The van der Waals surface area contributed by atoms with E-state index in [1.807, 2.05) is 20.8 Å². The van der Waals surface area contributed by atoms with Crippen LogP contribution in [0.5, 0.6) is 0 Å². The lowest BCUT2D eigenvalue weighted by Gasteiger charge is -2.19. The van der Waals surface area contributed by atoms with E-state index in [1.54, 1.807) is 4.57 Å². The molecule has 114 valence electrons. The van der Waals surface area contributed by atoms with Crippen molar-refractivity contribution < 1.29 is 13.2 Å². The number of hydrogen-bond donors (Lipinski definition) is 0. The lowest BCUT2D eigenvalue weighted by Crippen LogP contribution is -2.21. The number of aromatic nitrogens is 3. The van der Waals surface area contributed by atoms with Gasteiger partial charge in [-0.3, -0.25) is 0 Å². The standard InChI is InChI=1S/C12H20ClN3O3S/c1-5-6-16-11(14-15-12(16)20(13,17)18)10-7(2)8(3)19-9(10)4/h7-10H,5-6H2,1-4H3. The second-order valence-electron chi connectivity index (χ2n) is 5.36. The Morgan fingerprint density at radius 3 is 2.35 bits per heavy atom. The summed E-state index contributed by atoms with van der Waals surface area (Å²) in [6.07, 6.45) is 0.861. The summed E-state index contributed by atoms with van der Waals surface area (Å²) < 4.78 is 30.6. The molecule has 1 aromatic rings. The molecule has 0 spiro atoms. The lowest BCUT2D eigenvalue weighted by atomic mass is 9.89. The summed E-state index contributed by atoms with van der Waals surface area (Å²) in [6, 6.07) is 0. The van der Waals surface area contributed by atoms with Crippen LogP contribution in [0.2, 0.25) is 0 Å². The minimum absolute atomic E-state index is 0.0225. The Morgan fingerprint density at radius 2 is 1.90 bits per heavy atom. The highest BCUT2D eigenvalue weighted by atomic mass is 35.7. The van der Waals surface area contributed by atoms with Gasteiger partial charge in [0.05, 0.1) is 18.1 Å². The molecule has 1 aromatic heterocycles. The lowest BCUT2D eigenvalue weighted by molar-refractivity contribution is 0.0551. The van der Waals surface area contributed by atoms with Gasteiger partial charge in [-0.1, -0.05) is 13.8 Å². The summed E-state index contributed by atoms with van der Waals surface area (Å²) >= 11 is 0. The maximum absolute atomic E-state index is 11.6. The molecule has 1 aliphatic heterocycles. The van der Waals surface area contributed by atoms with Gasteiger partial charge in [-0.15, -0.1) is 10.2 Å². The zero-order valence-electron chi connectivity index (χ0n) is 12.1. The number of ether oxygens (including phenoxy) is 1. The van der Waals surface area contributed by atoms with Crippen molar-refractivity contribution in [3.63, 3.8) is 0 Å². The molecule has 1 fully saturated rings. The fourth-order valence-corrected chi connectivity index (χ4v) is 3.80. The van der Waals surface area contributed by atoms with Crippen LogP contribution < -0.4 is 0 Å². The average Bonchev–Trinajstić information content (AvgIpc) is 2.82. The Bertz CT molecular complexity index is 587. The summed E-state index contributed by atoms with van der Waals surface area (Å²) in [5.41, 5.74) is 0. The van der Waals surface area contributed by atoms with Crippen molar-refractivity contribution in [2.75, 3.05) is 0 Å². The smallest absolute Gasteiger partial charge is 0.296 e. The topological polar surface area (TPSA) is 74.1 Å². The number of rotatable bonds is 4. The highest BCUT2D eigenvalue weighted by molar-refractivity contribution is 8.13. The molecule has 0 radical (unpaired) electrons. The van der Waals surface area contributed by atoms with Crippen molar-refractivity contribution in [1.29, 1.82) is 0 Å². The van der Waals surface area contributed by atoms with Gasteiger partial charge in [0.2, 0.25) is 0 Å². The number of hydrogen-bond acceptors (Lipinski definition) is 5. The van der Waals surface area contributed by atoms with Gasteiger partial charge in [0.15, 0.2) is 0 Å². The Morgan fingerprint density at radius 1 is 1.25 bits per heavy atom. The van der Waals surface area contributed by atoms with Crippen LogP contribution in [0.1, 0.15) is 45.9 Å². The second-order valence-corrected chi connectivity index (χ2v) is 7.82. The third-order valence-corrected chi connectivity index (χ3v) is 5.10. The van der Waals surface area contributed by atoms with Gasteiger partial charge in [0.25, 0.3) is 14.2 Å². The molecule has 2 rings (SSSR count). The molecule has 0 N–H and O–H groups in total. The molecule has 0 bridgehead atoms. The predicted octanol–water partition coefficient (Wildman–Crippen LogP) is 2.14. The van der Waals surface area contributed by atoms with E-state index in [4.69, 9.17) is 15.4 Å². The minimum Gasteiger partial charge on any atom is -0.374 e. The average molecular weight is 322 g/mol. The molecule has 1 aliphatic rings. The molecule has 2 heterocycles. The molecule has 1 saturated heterocycles. The highest BCUT2D eigenvalue weighted by Gasteiger charge is 2.41. The van der Waals surface area contributed by atoms with Crippen LogP contribution in [0.15, 0.2) is 5.16 Å². The summed E-state index contributed by atoms with van der Waals surface area (Å²) in [4.78, 5) is 0. The molecule has 0 amide bonds. The molecule has 0 aromatic carbocycles. The Kier molecular flexibility index (Phi) is 4.41. The fraction of sp³-hybridized carbons (Fsp3) is 0.833. The third-order valence-electron chi connectivity index (χ3n) is 3.95.